The predicted molar refractivity (Wildman–Crippen MR) is 109 cm³/mol. The van der Waals surface area contributed by atoms with E-state index in [0.29, 0.717) is 0 Å². The number of hydrogen-bond donors (Lipinski definition) is 4. The SMILES string of the molecule is Cc1c(C)c(CSCCCS)c(O)c(O)c1CSCCCS. The molecular formula is C16H26O2S4. The Morgan fingerprint density at radius 2 is 1.14 bits per heavy atom. The van der Waals surface area contributed by atoms with Gasteiger partial charge < -0.3 is 10.2 Å². The van der Waals surface area contributed by atoms with Gasteiger partial charge in [0.05, 0.1) is 0 Å². The van der Waals surface area contributed by atoms with Gasteiger partial charge in [0.15, 0.2) is 11.5 Å². The summed E-state index contributed by atoms with van der Waals surface area (Å²) in [7, 11) is 0. The van der Waals surface area contributed by atoms with Gasteiger partial charge in [-0.15, -0.1) is 0 Å². The second-order valence-electron chi connectivity index (χ2n) is 5.16. The average Bonchev–Trinajstić information content (AvgIpc) is 2.51. The summed E-state index contributed by atoms with van der Waals surface area (Å²) in [5.74, 6) is 5.37. The van der Waals surface area contributed by atoms with Crippen LogP contribution in [0.5, 0.6) is 11.5 Å². The summed E-state index contributed by atoms with van der Waals surface area (Å²) in [4.78, 5) is 0. The van der Waals surface area contributed by atoms with Crippen LogP contribution >= 0.6 is 48.8 Å². The van der Waals surface area contributed by atoms with Crippen LogP contribution in [-0.2, 0) is 11.5 Å². The quantitative estimate of drug-likeness (QED) is 0.268. The zero-order valence-corrected chi connectivity index (χ0v) is 16.7. The Bertz CT molecular complexity index is 406. The lowest BCUT2D eigenvalue weighted by Crippen LogP contribution is -1.99. The minimum Gasteiger partial charge on any atom is -0.504 e. The van der Waals surface area contributed by atoms with Gasteiger partial charge in [-0.1, -0.05) is 0 Å². The second-order valence-corrected chi connectivity index (χ2v) is 8.27. The molecule has 0 atom stereocenters. The molecule has 0 saturated heterocycles. The number of hydrogen-bond acceptors (Lipinski definition) is 6. The van der Waals surface area contributed by atoms with Gasteiger partial charge in [0.2, 0.25) is 0 Å². The van der Waals surface area contributed by atoms with Gasteiger partial charge in [-0.25, -0.2) is 0 Å². The molecule has 6 heteroatoms. The highest BCUT2D eigenvalue weighted by molar-refractivity contribution is 7.98. The van der Waals surface area contributed by atoms with Crippen LogP contribution in [-0.4, -0.2) is 33.2 Å². The van der Waals surface area contributed by atoms with Crippen molar-refractivity contribution >= 4 is 48.8 Å². The van der Waals surface area contributed by atoms with E-state index in [1.807, 2.05) is 13.8 Å². The number of benzene rings is 1. The molecule has 0 aliphatic carbocycles. The molecule has 1 rings (SSSR count). The van der Waals surface area contributed by atoms with Gasteiger partial charge in [-0.05, 0) is 60.8 Å². The Kier molecular flexibility index (Phi) is 10.0. The molecule has 2 N–H and O–H groups in total. The summed E-state index contributed by atoms with van der Waals surface area (Å²) in [6, 6.07) is 0. The van der Waals surface area contributed by atoms with E-state index in [2.05, 4.69) is 25.3 Å². The lowest BCUT2D eigenvalue weighted by molar-refractivity contribution is 0.397. The largest absolute Gasteiger partial charge is 0.504 e. The van der Waals surface area contributed by atoms with Crippen molar-refractivity contribution in [3.8, 4) is 11.5 Å². The van der Waals surface area contributed by atoms with Crippen molar-refractivity contribution in [3.05, 3.63) is 22.3 Å². The van der Waals surface area contributed by atoms with Crippen molar-refractivity contribution in [2.75, 3.05) is 23.0 Å². The second kappa shape index (κ2) is 10.9. The standard InChI is InChI=1S/C16H26O2S4/c1-11-12(2)14(10-22-8-4-6-20)16(18)15(17)13(11)9-21-7-3-5-19/h17-20H,3-10H2,1-2H3. The van der Waals surface area contributed by atoms with E-state index in [0.717, 1.165) is 69.6 Å². The molecule has 0 saturated carbocycles. The van der Waals surface area contributed by atoms with E-state index in [1.54, 1.807) is 23.5 Å². The maximum Gasteiger partial charge on any atom is 0.162 e. The molecule has 1 aromatic rings. The molecule has 1 aromatic carbocycles. The van der Waals surface area contributed by atoms with Crippen LogP contribution in [0.3, 0.4) is 0 Å². The van der Waals surface area contributed by atoms with Gasteiger partial charge in [0, 0.05) is 22.6 Å². The molecule has 0 heterocycles. The van der Waals surface area contributed by atoms with E-state index >= 15 is 0 Å². The number of phenols is 2. The summed E-state index contributed by atoms with van der Waals surface area (Å²) < 4.78 is 0. The molecule has 0 unspecified atom stereocenters. The van der Waals surface area contributed by atoms with Gasteiger partial charge in [0.1, 0.15) is 0 Å². The fourth-order valence-corrected chi connectivity index (χ4v) is 4.97. The third-order valence-electron chi connectivity index (χ3n) is 3.65. The van der Waals surface area contributed by atoms with Gasteiger partial charge >= 0.3 is 0 Å². The lowest BCUT2D eigenvalue weighted by atomic mass is 9.97. The van der Waals surface area contributed by atoms with E-state index in [-0.39, 0.29) is 11.5 Å². The summed E-state index contributed by atoms with van der Waals surface area (Å²) >= 11 is 12.0. The molecule has 0 bridgehead atoms. The molecule has 0 amide bonds. The highest BCUT2D eigenvalue weighted by Crippen LogP contribution is 2.41. The van der Waals surface area contributed by atoms with Gasteiger partial charge in [0.25, 0.3) is 0 Å². The van der Waals surface area contributed by atoms with E-state index in [1.165, 1.54) is 0 Å². The predicted octanol–water partition coefficient (Wildman–Crippen LogP) is 4.82. The zero-order chi connectivity index (χ0) is 16.5. The molecule has 0 aromatic heterocycles. The molecule has 22 heavy (non-hydrogen) atoms. The Labute approximate surface area is 153 Å². The van der Waals surface area contributed by atoms with Crippen LogP contribution in [0, 0.1) is 13.8 Å². The third kappa shape index (κ3) is 5.69. The molecule has 0 fully saturated rings. The van der Waals surface area contributed by atoms with Crippen LogP contribution in [0.15, 0.2) is 0 Å². The van der Waals surface area contributed by atoms with Crippen molar-refractivity contribution in [1.29, 1.82) is 0 Å². The molecule has 0 aliphatic heterocycles. The van der Waals surface area contributed by atoms with Crippen LogP contribution in [0.4, 0.5) is 0 Å². The third-order valence-corrected chi connectivity index (χ3v) is 6.42. The van der Waals surface area contributed by atoms with E-state index in [4.69, 9.17) is 0 Å². The first kappa shape index (κ1) is 20.3. The van der Waals surface area contributed by atoms with Crippen LogP contribution in [0.1, 0.15) is 35.1 Å². The maximum atomic E-state index is 10.3. The smallest absolute Gasteiger partial charge is 0.162 e. The number of thiol groups is 2. The topological polar surface area (TPSA) is 40.5 Å². The van der Waals surface area contributed by atoms with Crippen LogP contribution < -0.4 is 0 Å². The summed E-state index contributed by atoms with van der Waals surface area (Å²) in [5.41, 5.74) is 3.92. The van der Waals surface area contributed by atoms with Crippen molar-refractivity contribution in [2.24, 2.45) is 0 Å². The molecule has 0 aliphatic rings. The van der Waals surface area contributed by atoms with Crippen molar-refractivity contribution < 1.29 is 10.2 Å². The summed E-state index contributed by atoms with van der Waals surface area (Å²) in [6.45, 7) is 4.07. The van der Waals surface area contributed by atoms with Crippen LogP contribution in [0.2, 0.25) is 0 Å². The Hall–Kier alpha value is 0.220. The summed E-state index contributed by atoms with van der Waals surface area (Å²) in [5, 5.41) is 20.7. The first-order chi connectivity index (χ1) is 10.5. The molecule has 0 radical (unpaired) electrons. The number of rotatable bonds is 10. The first-order valence-electron chi connectivity index (χ1n) is 7.44. The molecule has 0 spiro atoms. The number of phenolic OH excluding ortho intramolecular Hbond substituents is 2. The molecule has 126 valence electrons. The molecule has 2 nitrogen and oxygen atoms in total. The Balaban J connectivity index is 2.85. The first-order valence-corrected chi connectivity index (χ1v) is 11.0. The minimum absolute atomic E-state index is 0.0614. The minimum atomic E-state index is 0.0614. The van der Waals surface area contributed by atoms with E-state index < -0.39 is 0 Å². The van der Waals surface area contributed by atoms with Crippen LogP contribution in [0.25, 0.3) is 0 Å². The Morgan fingerprint density at radius 1 is 0.773 bits per heavy atom. The average molecular weight is 379 g/mol. The normalized spacial score (nSPS) is 11.1. The van der Waals surface area contributed by atoms with Crippen molar-refractivity contribution in [3.63, 3.8) is 0 Å². The van der Waals surface area contributed by atoms with Crippen molar-refractivity contribution in [1.82, 2.24) is 0 Å². The number of thioether (sulfide) groups is 2. The highest BCUT2D eigenvalue weighted by Gasteiger charge is 2.18. The van der Waals surface area contributed by atoms with Gasteiger partial charge in [-0.2, -0.15) is 48.8 Å². The van der Waals surface area contributed by atoms with E-state index in [9.17, 15) is 10.2 Å². The van der Waals surface area contributed by atoms with Crippen molar-refractivity contribution in [2.45, 2.75) is 38.2 Å². The Morgan fingerprint density at radius 3 is 1.45 bits per heavy atom. The summed E-state index contributed by atoms with van der Waals surface area (Å²) in [6.07, 6.45) is 2.11. The highest BCUT2D eigenvalue weighted by atomic mass is 32.2. The van der Waals surface area contributed by atoms with Gasteiger partial charge in [-0.3, -0.25) is 0 Å². The zero-order valence-electron chi connectivity index (χ0n) is 13.3. The maximum absolute atomic E-state index is 10.3. The monoisotopic (exact) mass is 378 g/mol. The lowest BCUT2D eigenvalue weighted by Gasteiger charge is -2.17. The number of aromatic hydroxyl groups is 2. The fraction of sp³-hybridized carbons (Fsp3) is 0.625. The molecular weight excluding hydrogens is 352 g/mol. The fourth-order valence-electron chi connectivity index (χ4n) is 2.13.